The predicted octanol–water partition coefficient (Wildman–Crippen LogP) is 4.44. The highest BCUT2D eigenvalue weighted by atomic mass is 32.2. The Morgan fingerprint density at radius 1 is 1.28 bits per heavy atom. The van der Waals surface area contributed by atoms with E-state index in [-0.39, 0.29) is 17.5 Å². The molecule has 1 aliphatic rings. The Bertz CT molecular complexity index is 941. The molecule has 3 aromatic rings. The average molecular weight is 373 g/mol. The van der Waals surface area contributed by atoms with E-state index < -0.39 is 0 Å². The number of aromatic nitrogens is 2. The van der Waals surface area contributed by atoms with Crippen LogP contribution in [0.3, 0.4) is 0 Å². The van der Waals surface area contributed by atoms with Crippen LogP contribution in [0.1, 0.15) is 23.3 Å². The van der Waals surface area contributed by atoms with Crippen molar-refractivity contribution in [1.29, 1.82) is 0 Å². The van der Waals surface area contributed by atoms with Gasteiger partial charge in [0.05, 0.1) is 5.75 Å². The van der Waals surface area contributed by atoms with Gasteiger partial charge in [0.2, 0.25) is 5.91 Å². The molecule has 2 aromatic heterocycles. The second-order valence-corrected chi connectivity index (χ2v) is 7.96. The molecule has 0 bridgehead atoms. The summed E-state index contributed by atoms with van der Waals surface area (Å²) < 4.78 is 13.2. The molecule has 1 amide bonds. The molecule has 0 radical (unpaired) electrons. The fourth-order valence-corrected chi connectivity index (χ4v) is 5.19. The number of hydrogen-bond donors (Lipinski definition) is 1. The lowest BCUT2D eigenvalue weighted by Crippen LogP contribution is -2.14. The van der Waals surface area contributed by atoms with E-state index in [9.17, 15) is 9.18 Å². The van der Waals surface area contributed by atoms with Crippen LogP contribution in [0.15, 0.2) is 35.6 Å². The van der Waals surface area contributed by atoms with Gasteiger partial charge in [-0.25, -0.2) is 14.4 Å². The molecule has 0 spiro atoms. The van der Waals surface area contributed by atoms with Crippen molar-refractivity contribution >= 4 is 44.9 Å². The van der Waals surface area contributed by atoms with E-state index in [0.29, 0.717) is 5.69 Å². The molecule has 0 unspecified atom stereocenters. The standard InChI is InChI=1S/C18H16FN3OS2/c19-11-4-3-5-12(8-11)22-15(23)9-24-17-16-13-6-1-2-7-14(13)25-18(16)21-10-20-17/h3-5,8,10H,1-2,6-7,9H2,(H,22,23). The lowest BCUT2D eigenvalue weighted by Gasteiger charge is -2.11. The Kier molecular flexibility index (Phi) is 4.67. The number of carbonyl (C=O) groups is 1. The zero-order valence-corrected chi connectivity index (χ0v) is 15.1. The number of aryl methyl sites for hydroxylation is 2. The van der Waals surface area contributed by atoms with Crippen LogP contribution in [0.4, 0.5) is 10.1 Å². The molecule has 1 aliphatic carbocycles. The third kappa shape index (κ3) is 3.52. The summed E-state index contributed by atoms with van der Waals surface area (Å²) in [6.45, 7) is 0. The highest BCUT2D eigenvalue weighted by molar-refractivity contribution is 8.00. The first-order valence-corrected chi connectivity index (χ1v) is 9.94. The molecule has 7 heteroatoms. The number of thiophene rings is 1. The normalized spacial score (nSPS) is 13.6. The monoisotopic (exact) mass is 373 g/mol. The number of rotatable bonds is 4. The van der Waals surface area contributed by atoms with E-state index in [2.05, 4.69) is 15.3 Å². The molecule has 25 heavy (non-hydrogen) atoms. The van der Waals surface area contributed by atoms with Crippen molar-refractivity contribution in [1.82, 2.24) is 9.97 Å². The molecule has 128 valence electrons. The molecule has 4 rings (SSSR count). The van der Waals surface area contributed by atoms with Crippen molar-refractivity contribution < 1.29 is 9.18 Å². The number of carbonyl (C=O) groups excluding carboxylic acids is 1. The van der Waals surface area contributed by atoms with Gasteiger partial charge in [-0.1, -0.05) is 17.8 Å². The van der Waals surface area contributed by atoms with E-state index in [4.69, 9.17) is 0 Å². The number of hydrogen-bond acceptors (Lipinski definition) is 5. The molecule has 0 atom stereocenters. The van der Waals surface area contributed by atoms with Gasteiger partial charge < -0.3 is 5.32 Å². The molecule has 0 saturated carbocycles. The van der Waals surface area contributed by atoms with E-state index in [0.717, 1.165) is 28.1 Å². The number of nitrogens with zero attached hydrogens (tertiary/aromatic N) is 2. The smallest absolute Gasteiger partial charge is 0.234 e. The quantitative estimate of drug-likeness (QED) is 0.543. The van der Waals surface area contributed by atoms with Gasteiger partial charge in [-0.3, -0.25) is 4.79 Å². The summed E-state index contributed by atoms with van der Waals surface area (Å²) in [6.07, 6.45) is 6.16. The molecule has 0 saturated heterocycles. The fourth-order valence-electron chi connectivity index (χ4n) is 3.07. The Hall–Kier alpha value is -1.99. The van der Waals surface area contributed by atoms with Crippen LogP contribution in [0.25, 0.3) is 10.2 Å². The Morgan fingerprint density at radius 2 is 2.16 bits per heavy atom. The average Bonchev–Trinajstić information content (AvgIpc) is 2.99. The van der Waals surface area contributed by atoms with Crippen LogP contribution in [-0.4, -0.2) is 21.6 Å². The summed E-state index contributed by atoms with van der Waals surface area (Å²) in [5.74, 6) is -0.313. The van der Waals surface area contributed by atoms with Crippen LogP contribution >= 0.6 is 23.1 Å². The molecule has 0 fully saturated rings. The van der Waals surface area contributed by atoms with Crippen LogP contribution < -0.4 is 5.32 Å². The number of anilines is 1. The first-order chi connectivity index (χ1) is 12.2. The number of fused-ring (bicyclic) bond motifs is 3. The summed E-state index contributed by atoms with van der Waals surface area (Å²) >= 11 is 3.15. The van der Waals surface area contributed by atoms with E-state index in [1.165, 1.54) is 47.2 Å². The van der Waals surface area contributed by atoms with E-state index in [1.807, 2.05) is 0 Å². The SMILES string of the molecule is O=C(CSc1ncnc2sc3c(c12)CCCC3)Nc1cccc(F)c1. The Morgan fingerprint density at radius 3 is 3.04 bits per heavy atom. The van der Waals surface area contributed by atoms with Crippen molar-refractivity contribution in [2.24, 2.45) is 0 Å². The molecule has 0 aliphatic heterocycles. The van der Waals surface area contributed by atoms with Gasteiger partial charge in [-0.15, -0.1) is 11.3 Å². The van der Waals surface area contributed by atoms with E-state index >= 15 is 0 Å². The number of nitrogens with one attached hydrogen (secondary N) is 1. The third-order valence-corrected chi connectivity index (χ3v) is 6.35. The number of halogens is 1. The van der Waals surface area contributed by atoms with Crippen molar-refractivity contribution in [2.45, 2.75) is 30.7 Å². The maximum atomic E-state index is 13.2. The summed E-state index contributed by atoms with van der Waals surface area (Å²) in [4.78, 5) is 23.4. The summed E-state index contributed by atoms with van der Waals surface area (Å²) in [6, 6.07) is 5.90. The minimum absolute atomic E-state index is 0.175. The zero-order chi connectivity index (χ0) is 17.2. The lowest BCUT2D eigenvalue weighted by molar-refractivity contribution is -0.113. The minimum atomic E-state index is -0.368. The molecule has 1 aromatic carbocycles. The number of thioether (sulfide) groups is 1. The van der Waals surface area contributed by atoms with Crippen LogP contribution in [0, 0.1) is 5.82 Å². The van der Waals surface area contributed by atoms with Gasteiger partial charge in [0.1, 0.15) is 22.0 Å². The molecule has 2 heterocycles. The summed E-state index contributed by atoms with van der Waals surface area (Å²) in [5.41, 5.74) is 1.83. The summed E-state index contributed by atoms with van der Waals surface area (Å²) in [7, 11) is 0. The van der Waals surface area contributed by atoms with Gasteiger partial charge in [0.15, 0.2) is 0 Å². The Labute approximate surface area is 152 Å². The minimum Gasteiger partial charge on any atom is -0.325 e. The largest absolute Gasteiger partial charge is 0.325 e. The van der Waals surface area contributed by atoms with Crippen molar-refractivity contribution in [2.75, 3.05) is 11.1 Å². The highest BCUT2D eigenvalue weighted by Crippen LogP contribution is 2.39. The molecule has 4 nitrogen and oxygen atoms in total. The third-order valence-electron chi connectivity index (χ3n) is 4.16. The number of benzene rings is 1. The van der Waals surface area contributed by atoms with Gasteiger partial charge in [-0.2, -0.15) is 0 Å². The second kappa shape index (κ2) is 7.09. The first kappa shape index (κ1) is 16.5. The predicted molar refractivity (Wildman–Crippen MR) is 99.8 cm³/mol. The van der Waals surface area contributed by atoms with Crippen molar-refractivity contribution in [3.63, 3.8) is 0 Å². The van der Waals surface area contributed by atoms with Crippen molar-refractivity contribution in [3.8, 4) is 0 Å². The maximum Gasteiger partial charge on any atom is 0.234 e. The molecular weight excluding hydrogens is 357 g/mol. The van der Waals surface area contributed by atoms with E-state index in [1.54, 1.807) is 29.8 Å². The zero-order valence-electron chi connectivity index (χ0n) is 13.4. The second-order valence-electron chi connectivity index (χ2n) is 5.92. The van der Waals surface area contributed by atoms with Gasteiger partial charge in [-0.05, 0) is 49.4 Å². The Balaban J connectivity index is 1.51. The first-order valence-electron chi connectivity index (χ1n) is 8.14. The maximum absolute atomic E-state index is 13.2. The topological polar surface area (TPSA) is 54.9 Å². The van der Waals surface area contributed by atoms with Gasteiger partial charge in [0.25, 0.3) is 0 Å². The summed E-state index contributed by atoms with van der Waals surface area (Å²) in [5, 5.41) is 4.69. The number of amides is 1. The lowest BCUT2D eigenvalue weighted by atomic mass is 9.97. The van der Waals surface area contributed by atoms with Crippen LogP contribution in [0.5, 0.6) is 0 Å². The van der Waals surface area contributed by atoms with Gasteiger partial charge in [0, 0.05) is 16.0 Å². The molecule has 1 N–H and O–H groups in total. The van der Waals surface area contributed by atoms with Crippen molar-refractivity contribution in [3.05, 3.63) is 46.9 Å². The fraction of sp³-hybridized carbons (Fsp3) is 0.278. The molecular formula is C18H16FN3OS2. The van der Waals surface area contributed by atoms with Gasteiger partial charge >= 0.3 is 0 Å². The van der Waals surface area contributed by atoms with Crippen LogP contribution in [-0.2, 0) is 17.6 Å². The highest BCUT2D eigenvalue weighted by Gasteiger charge is 2.20. The van der Waals surface area contributed by atoms with Crippen LogP contribution in [0.2, 0.25) is 0 Å².